The highest BCUT2D eigenvalue weighted by Crippen LogP contribution is 2.43. The Morgan fingerprint density at radius 1 is 0.559 bits per heavy atom. The van der Waals surface area contributed by atoms with Crippen LogP contribution in [0.15, 0.2) is 12.2 Å². The zero-order valence-electron chi connectivity index (χ0n) is 40.0. The van der Waals surface area contributed by atoms with Crippen molar-refractivity contribution < 1.29 is 32.9 Å². The van der Waals surface area contributed by atoms with E-state index >= 15 is 0 Å². The first-order valence-electron chi connectivity index (χ1n) is 25.6. The van der Waals surface area contributed by atoms with Crippen LogP contribution in [0.5, 0.6) is 0 Å². The van der Waals surface area contributed by atoms with Crippen molar-refractivity contribution in [3.05, 3.63) is 12.2 Å². The number of rotatable bonds is 47. The summed E-state index contributed by atoms with van der Waals surface area (Å²) in [6, 6.07) is -0.840. The molecule has 0 saturated heterocycles. The van der Waals surface area contributed by atoms with Crippen LogP contribution in [0.25, 0.3) is 0 Å². The van der Waals surface area contributed by atoms with Crippen LogP contribution >= 0.6 is 7.82 Å². The van der Waals surface area contributed by atoms with Gasteiger partial charge < -0.3 is 19.8 Å². The van der Waals surface area contributed by atoms with E-state index < -0.39 is 20.0 Å². The summed E-state index contributed by atoms with van der Waals surface area (Å²) < 4.78 is 23.6. The maximum Gasteiger partial charge on any atom is 0.472 e. The van der Waals surface area contributed by atoms with Crippen molar-refractivity contribution in [2.24, 2.45) is 0 Å². The highest BCUT2D eigenvalue weighted by atomic mass is 31.2. The summed E-state index contributed by atoms with van der Waals surface area (Å²) >= 11 is 0. The predicted octanol–water partition coefficient (Wildman–Crippen LogP) is 14.7. The minimum atomic E-state index is -4.34. The third kappa shape index (κ3) is 45.1. The zero-order valence-corrected chi connectivity index (χ0v) is 40.9. The van der Waals surface area contributed by atoms with E-state index in [9.17, 15) is 19.4 Å². The molecule has 3 atom stereocenters. The number of hydrogen-bond acceptors (Lipinski definition) is 5. The van der Waals surface area contributed by atoms with Crippen LogP contribution in [0.4, 0.5) is 0 Å². The molecule has 0 bridgehead atoms. The SMILES string of the molecule is CCCCCCCCCCCCCCCCCCCCC/C=C/C(O)C(COP(=O)(O)OCC[N+](C)(C)C)NC(=O)CCCCCCCCCCCCCCCCCC. The summed E-state index contributed by atoms with van der Waals surface area (Å²) in [7, 11) is 1.59. The lowest BCUT2D eigenvalue weighted by molar-refractivity contribution is -0.870. The number of hydrogen-bond donors (Lipinski definition) is 3. The molecule has 0 aromatic rings. The first-order chi connectivity index (χ1) is 28.5. The Morgan fingerprint density at radius 3 is 1.25 bits per heavy atom. The number of carbonyl (C=O) groups is 1. The van der Waals surface area contributed by atoms with E-state index in [0.717, 1.165) is 32.1 Å². The lowest BCUT2D eigenvalue weighted by Gasteiger charge is -2.25. The van der Waals surface area contributed by atoms with Crippen LogP contribution in [0.1, 0.15) is 251 Å². The van der Waals surface area contributed by atoms with Crippen molar-refractivity contribution in [2.75, 3.05) is 40.9 Å². The second kappa shape index (κ2) is 42.5. The number of amides is 1. The fraction of sp³-hybridized carbons (Fsp3) is 0.940. The highest BCUT2D eigenvalue weighted by Gasteiger charge is 2.27. The van der Waals surface area contributed by atoms with E-state index in [-0.39, 0.29) is 19.1 Å². The largest absolute Gasteiger partial charge is 0.472 e. The maximum absolute atomic E-state index is 12.9. The van der Waals surface area contributed by atoms with Gasteiger partial charge in [-0.3, -0.25) is 13.8 Å². The molecule has 352 valence electrons. The van der Waals surface area contributed by atoms with Crippen molar-refractivity contribution >= 4 is 13.7 Å². The second-order valence-electron chi connectivity index (χ2n) is 18.9. The molecule has 3 N–H and O–H groups in total. The van der Waals surface area contributed by atoms with Crippen molar-refractivity contribution in [3.8, 4) is 0 Å². The number of likely N-dealkylation sites (N-methyl/N-ethyl adjacent to an activating group) is 1. The first-order valence-corrected chi connectivity index (χ1v) is 27.1. The fourth-order valence-corrected chi connectivity index (χ4v) is 8.43. The summed E-state index contributed by atoms with van der Waals surface area (Å²) in [5.41, 5.74) is 0. The number of unbranched alkanes of at least 4 members (excludes halogenated alkanes) is 34. The van der Waals surface area contributed by atoms with Crippen LogP contribution < -0.4 is 5.32 Å². The topological polar surface area (TPSA) is 105 Å². The van der Waals surface area contributed by atoms with Gasteiger partial charge in [-0.1, -0.05) is 238 Å². The number of carbonyl (C=O) groups excluding carboxylic acids is 1. The number of quaternary nitrogens is 1. The van der Waals surface area contributed by atoms with Gasteiger partial charge in [-0.25, -0.2) is 4.57 Å². The minimum absolute atomic E-state index is 0.0649. The summed E-state index contributed by atoms with van der Waals surface area (Å²) in [5, 5.41) is 13.9. The van der Waals surface area contributed by atoms with Crippen LogP contribution in [-0.2, 0) is 18.4 Å². The van der Waals surface area contributed by atoms with E-state index in [1.807, 2.05) is 27.2 Å². The Bertz CT molecular complexity index is 974. The molecule has 0 aliphatic carbocycles. The van der Waals surface area contributed by atoms with Crippen LogP contribution in [0.2, 0.25) is 0 Å². The zero-order chi connectivity index (χ0) is 43.6. The smallest absolute Gasteiger partial charge is 0.387 e. The van der Waals surface area contributed by atoms with E-state index in [1.165, 1.54) is 199 Å². The monoisotopic (exact) mass is 858 g/mol. The molecule has 0 spiro atoms. The van der Waals surface area contributed by atoms with Gasteiger partial charge in [-0.15, -0.1) is 0 Å². The molecule has 0 heterocycles. The number of aliphatic hydroxyl groups excluding tert-OH is 1. The van der Waals surface area contributed by atoms with Crippen molar-refractivity contribution in [1.82, 2.24) is 5.32 Å². The summed E-state index contributed by atoms with van der Waals surface area (Å²) in [5.74, 6) is -0.172. The van der Waals surface area contributed by atoms with Gasteiger partial charge in [0.05, 0.1) is 39.9 Å². The molecule has 3 unspecified atom stereocenters. The lowest BCUT2D eigenvalue weighted by Crippen LogP contribution is -2.45. The number of nitrogens with zero attached hydrogens (tertiary/aromatic N) is 1. The third-order valence-electron chi connectivity index (χ3n) is 11.8. The Kier molecular flexibility index (Phi) is 42.0. The quantitative estimate of drug-likeness (QED) is 0.0244. The molecule has 9 heteroatoms. The molecule has 8 nitrogen and oxygen atoms in total. The van der Waals surface area contributed by atoms with Crippen LogP contribution in [0.3, 0.4) is 0 Å². The average molecular weight is 858 g/mol. The standard InChI is InChI=1S/C50H101N2O6P/c1-6-8-10-12-14-16-18-20-22-24-25-26-27-28-29-31-33-35-37-39-41-43-49(53)48(47-58-59(55,56)57-46-45-52(3,4)5)51-50(54)44-42-40-38-36-34-32-30-23-21-19-17-15-13-11-9-7-2/h41,43,48-49,53H,6-40,42,44-47H2,1-5H3,(H-,51,54,55,56)/p+1/b43-41+. The Balaban J connectivity index is 4.28. The number of phosphoric acid groups is 1. The first kappa shape index (κ1) is 58.2. The minimum Gasteiger partial charge on any atom is -0.387 e. The summed E-state index contributed by atoms with van der Waals surface area (Å²) in [6.45, 7) is 4.85. The molecule has 0 rings (SSSR count). The van der Waals surface area contributed by atoms with Gasteiger partial charge in [0.1, 0.15) is 13.2 Å². The van der Waals surface area contributed by atoms with E-state index in [1.54, 1.807) is 6.08 Å². The molecule has 0 aliphatic heterocycles. The van der Waals surface area contributed by atoms with Crippen LogP contribution in [-0.4, -0.2) is 73.4 Å². The molecule has 59 heavy (non-hydrogen) atoms. The highest BCUT2D eigenvalue weighted by molar-refractivity contribution is 7.47. The Morgan fingerprint density at radius 2 is 0.898 bits per heavy atom. The van der Waals surface area contributed by atoms with Gasteiger partial charge in [0.15, 0.2) is 0 Å². The average Bonchev–Trinajstić information content (AvgIpc) is 3.19. The van der Waals surface area contributed by atoms with Gasteiger partial charge in [0, 0.05) is 6.42 Å². The lowest BCUT2D eigenvalue weighted by atomic mass is 10.0. The van der Waals surface area contributed by atoms with E-state index in [0.29, 0.717) is 17.4 Å². The summed E-state index contributed by atoms with van der Waals surface area (Å²) in [4.78, 5) is 23.2. The normalized spacial score (nSPS) is 14.2. The van der Waals surface area contributed by atoms with Gasteiger partial charge in [-0.05, 0) is 19.3 Å². The Hall–Kier alpha value is -0.760. The number of nitrogens with one attached hydrogen (secondary N) is 1. The molecule has 0 fully saturated rings. The molecule has 0 radical (unpaired) electrons. The maximum atomic E-state index is 12.9. The molecular formula is C50H102N2O6P+. The molecule has 0 aliphatic rings. The van der Waals surface area contributed by atoms with Crippen molar-refractivity contribution in [3.63, 3.8) is 0 Å². The van der Waals surface area contributed by atoms with Gasteiger partial charge >= 0.3 is 7.82 Å². The van der Waals surface area contributed by atoms with E-state index in [2.05, 4.69) is 19.2 Å². The molecule has 0 aromatic carbocycles. The third-order valence-corrected chi connectivity index (χ3v) is 12.7. The molecule has 0 aromatic heterocycles. The fourth-order valence-electron chi connectivity index (χ4n) is 7.69. The van der Waals surface area contributed by atoms with Crippen molar-refractivity contribution in [1.29, 1.82) is 0 Å². The summed E-state index contributed by atoms with van der Waals surface area (Å²) in [6.07, 6.45) is 50.0. The number of phosphoric ester groups is 1. The predicted molar refractivity (Wildman–Crippen MR) is 254 cm³/mol. The van der Waals surface area contributed by atoms with Gasteiger partial charge in [0.25, 0.3) is 0 Å². The number of allylic oxidation sites excluding steroid dienone is 1. The molecule has 1 amide bonds. The van der Waals surface area contributed by atoms with Gasteiger partial charge in [0.2, 0.25) is 5.91 Å². The van der Waals surface area contributed by atoms with Crippen LogP contribution in [0, 0.1) is 0 Å². The Labute approximate surface area is 367 Å². The molecule has 0 saturated carbocycles. The van der Waals surface area contributed by atoms with Gasteiger partial charge in [-0.2, -0.15) is 0 Å². The molecular weight excluding hydrogens is 756 g/mol. The van der Waals surface area contributed by atoms with E-state index in [4.69, 9.17) is 9.05 Å². The number of aliphatic hydroxyl groups is 1. The second-order valence-corrected chi connectivity index (χ2v) is 20.4. The van der Waals surface area contributed by atoms with Crippen molar-refractivity contribution in [2.45, 2.75) is 264 Å².